The highest BCUT2D eigenvalue weighted by Gasteiger charge is 2.63. The van der Waals surface area contributed by atoms with E-state index < -0.39 is 122 Å². The lowest BCUT2D eigenvalue weighted by atomic mass is 9.87. The Morgan fingerprint density at radius 3 is 2.39 bits per heavy atom. The molecule has 4 amide bonds. The summed E-state index contributed by atoms with van der Waals surface area (Å²) < 4.78 is 107. The van der Waals surface area contributed by atoms with Gasteiger partial charge in [-0.05, 0) is 72.1 Å². The number of rotatable bonds is 9. The fraction of sp³-hybridized carbons (Fsp3) is 0.650. The van der Waals surface area contributed by atoms with Gasteiger partial charge in [0.25, 0.3) is 5.91 Å². The van der Waals surface area contributed by atoms with E-state index in [-0.39, 0.29) is 34.5 Å². The van der Waals surface area contributed by atoms with Crippen LogP contribution in [0.1, 0.15) is 89.5 Å². The molecule has 2 aliphatic heterocycles. The molecule has 0 unspecified atom stereocenters. The van der Waals surface area contributed by atoms with Gasteiger partial charge in [-0.15, -0.1) is 0 Å². The summed E-state index contributed by atoms with van der Waals surface area (Å²) >= 11 is 0. The lowest BCUT2D eigenvalue weighted by Gasteiger charge is -2.34. The molecule has 3 N–H and O–H groups in total. The van der Waals surface area contributed by atoms with Gasteiger partial charge in [0, 0.05) is 41.8 Å². The van der Waals surface area contributed by atoms with E-state index >= 15 is 0 Å². The molecule has 2 aromatic rings. The maximum absolute atomic E-state index is 15.0. The summed E-state index contributed by atoms with van der Waals surface area (Å²) in [5, 5.41) is 5.36. The molecule has 4 aliphatic rings. The number of alkyl halides is 3. The van der Waals surface area contributed by atoms with Crippen LogP contribution in [0.2, 0.25) is 0 Å². The first-order chi connectivity index (χ1) is 28.4. The molecule has 21 heteroatoms. The van der Waals surface area contributed by atoms with Crippen molar-refractivity contribution in [1.82, 2.24) is 30.2 Å². The quantitative estimate of drug-likeness (QED) is 0.217. The maximum Gasteiger partial charge on any atom is 0.438 e. The third-order valence-electron chi connectivity index (χ3n) is 11.6. The number of nitrogens with zero attached hydrogens (tertiary/aromatic N) is 3. The molecular formula is C40H58F4N6O10S. The summed E-state index contributed by atoms with van der Waals surface area (Å²) in [5.41, 5.74) is -4.99. The maximum atomic E-state index is 15.0. The molecule has 3 fully saturated rings. The van der Waals surface area contributed by atoms with Crippen LogP contribution in [0.5, 0.6) is 11.6 Å². The number of hydrogen-bond donors (Lipinski definition) is 3. The molecule has 3 heterocycles. The SMILES string of the molecule is COC[C@@H]1C[C@@H](C)CC/C=C\[C@@H]2C[C@@]2(C(=O)NS(=O)(=O)C2(C)CC2)NC(=O)[C@@H]2C[C@@H](Oc3nc4cc(OC)c(F)cc4nc3C(F)(F)F)CN2C(=O)[C@H]1NC(=O)OC(C)(C)C.[HH].[HH].[HH]. The monoisotopic (exact) mass is 890 g/mol. The van der Waals surface area contributed by atoms with Crippen LogP contribution >= 0.6 is 0 Å². The van der Waals surface area contributed by atoms with Crippen LogP contribution in [0.15, 0.2) is 24.3 Å². The molecule has 1 saturated heterocycles. The van der Waals surface area contributed by atoms with Gasteiger partial charge in [-0.2, -0.15) is 13.2 Å². The highest BCUT2D eigenvalue weighted by atomic mass is 32.2. The largest absolute Gasteiger partial charge is 0.494 e. The molecule has 0 bridgehead atoms. The van der Waals surface area contributed by atoms with Crippen LogP contribution in [0.3, 0.4) is 0 Å². The number of carbonyl (C=O) groups is 4. The minimum atomic E-state index is -5.15. The zero-order valence-electron chi connectivity index (χ0n) is 35.0. The standard InChI is InChI=1S/C40H52F4N6O10S.3H2/c1-21-10-8-9-11-23-18-39(23,35(53)49-61(55,56)38(5)12-13-38)48-32(51)28-15-24(19-50(28)34(52)30(22(14-21)20-57-6)47-36(54)60-37(2,3)4)59-33-31(40(42,43)44)45-26-16-25(41)29(58-7)17-27(26)46-33;;;/h9,11,16-17,21-24,28,30H,8,10,12-15,18-20H2,1-7H3,(H,47,54)(H,48,51)(H,49,53);3*1H/b11-9-;;;/t21-,22-,23+,24+,28-,30-,39+;;;/m0.../s1. The smallest absolute Gasteiger partial charge is 0.438 e. The van der Waals surface area contributed by atoms with E-state index in [0.717, 1.165) is 24.1 Å². The summed E-state index contributed by atoms with van der Waals surface area (Å²) in [4.78, 5) is 65.5. The lowest BCUT2D eigenvalue weighted by Crippen LogP contribution is -2.60. The zero-order chi connectivity index (χ0) is 44.9. The van der Waals surface area contributed by atoms with Gasteiger partial charge in [0.15, 0.2) is 11.6 Å². The third-order valence-corrected chi connectivity index (χ3v) is 13.7. The molecule has 2 saturated carbocycles. The molecule has 7 atom stereocenters. The Kier molecular flexibility index (Phi) is 12.6. The van der Waals surface area contributed by atoms with E-state index in [1.54, 1.807) is 26.8 Å². The molecule has 0 radical (unpaired) electrons. The van der Waals surface area contributed by atoms with Gasteiger partial charge in [-0.3, -0.25) is 19.1 Å². The second kappa shape index (κ2) is 16.8. The molecule has 16 nitrogen and oxygen atoms in total. The average molecular weight is 891 g/mol. The van der Waals surface area contributed by atoms with Crippen LogP contribution in [0.4, 0.5) is 22.4 Å². The Morgan fingerprint density at radius 2 is 1.77 bits per heavy atom. The van der Waals surface area contributed by atoms with Crippen molar-refractivity contribution in [3.63, 3.8) is 0 Å². The number of carbonyl (C=O) groups excluding carboxylic acids is 4. The number of hydrogen-bond acceptors (Lipinski definition) is 12. The fourth-order valence-corrected chi connectivity index (χ4v) is 9.16. The molecule has 2 aliphatic carbocycles. The van der Waals surface area contributed by atoms with E-state index in [4.69, 9.17) is 18.9 Å². The van der Waals surface area contributed by atoms with E-state index in [2.05, 4.69) is 25.3 Å². The van der Waals surface area contributed by atoms with E-state index in [0.29, 0.717) is 32.1 Å². The number of fused-ring (bicyclic) bond motifs is 3. The van der Waals surface area contributed by atoms with Gasteiger partial charge in [0.05, 0.1) is 36.0 Å². The van der Waals surface area contributed by atoms with Crippen LogP contribution in [-0.4, -0.2) is 109 Å². The fourth-order valence-electron chi connectivity index (χ4n) is 7.85. The van der Waals surface area contributed by atoms with Crippen molar-refractivity contribution in [3.8, 4) is 11.6 Å². The number of aromatic nitrogens is 2. The predicted octanol–water partition coefficient (Wildman–Crippen LogP) is 5.29. The van der Waals surface area contributed by atoms with Crippen LogP contribution in [0.25, 0.3) is 11.0 Å². The highest BCUT2D eigenvalue weighted by molar-refractivity contribution is 7.91. The zero-order valence-corrected chi connectivity index (χ0v) is 35.8. The van der Waals surface area contributed by atoms with Gasteiger partial charge in [0.1, 0.15) is 29.3 Å². The minimum Gasteiger partial charge on any atom is -0.494 e. The topological polar surface area (TPSA) is 204 Å². The van der Waals surface area contributed by atoms with Gasteiger partial charge in [0.2, 0.25) is 33.4 Å². The molecule has 61 heavy (non-hydrogen) atoms. The Morgan fingerprint density at radius 1 is 1.08 bits per heavy atom. The summed E-state index contributed by atoms with van der Waals surface area (Å²) in [6.45, 7) is 7.78. The van der Waals surface area contributed by atoms with Crippen molar-refractivity contribution in [1.29, 1.82) is 0 Å². The number of ether oxygens (including phenoxy) is 4. The normalized spacial score (nSPS) is 28.6. The van der Waals surface area contributed by atoms with Gasteiger partial charge in [-0.1, -0.05) is 19.1 Å². The van der Waals surface area contributed by atoms with Gasteiger partial charge in [-0.25, -0.2) is 27.6 Å². The third kappa shape index (κ3) is 9.97. The minimum absolute atomic E-state index is 0. The number of halogens is 4. The Bertz CT molecular complexity index is 2210. The summed E-state index contributed by atoms with van der Waals surface area (Å²) in [7, 11) is -1.57. The number of nitrogens with one attached hydrogen (secondary N) is 3. The number of benzene rings is 1. The second-order valence-corrected chi connectivity index (χ2v) is 19.9. The van der Waals surface area contributed by atoms with Gasteiger partial charge < -0.3 is 34.5 Å². The molecular weight excluding hydrogens is 833 g/mol. The number of amides is 4. The van der Waals surface area contributed by atoms with Crippen molar-refractivity contribution in [2.24, 2.45) is 17.8 Å². The van der Waals surface area contributed by atoms with Gasteiger partial charge >= 0.3 is 12.3 Å². The van der Waals surface area contributed by atoms with Crippen molar-refractivity contribution in [2.75, 3.05) is 27.4 Å². The summed E-state index contributed by atoms with van der Waals surface area (Å²) in [6.07, 6.45) is -2.18. The Labute approximate surface area is 355 Å². The summed E-state index contributed by atoms with van der Waals surface area (Å²) in [5.74, 6) is -6.44. The van der Waals surface area contributed by atoms with E-state index in [1.807, 2.05) is 13.0 Å². The van der Waals surface area contributed by atoms with Crippen LogP contribution < -0.4 is 24.8 Å². The number of alkyl carbamates (subject to hydrolysis) is 1. The van der Waals surface area contributed by atoms with Crippen molar-refractivity contribution in [2.45, 2.75) is 120 Å². The number of allylic oxidation sites excluding steroid dienone is 1. The summed E-state index contributed by atoms with van der Waals surface area (Å²) in [6, 6.07) is -1.15. The predicted molar refractivity (Wildman–Crippen MR) is 216 cm³/mol. The first kappa shape index (κ1) is 45.7. The Balaban J connectivity index is 0.00000363. The highest BCUT2D eigenvalue weighted by Crippen LogP contribution is 2.48. The first-order valence-corrected chi connectivity index (χ1v) is 21.5. The van der Waals surface area contributed by atoms with Crippen molar-refractivity contribution < 1.29 is 68.4 Å². The molecule has 0 spiro atoms. The molecule has 1 aromatic carbocycles. The lowest BCUT2D eigenvalue weighted by molar-refractivity contribution is -0.143. The molecule has 342 valence electrons. The number of methoxy groups -OCH3 is 2. The van der Waals surface area contributed by atoms with Crippen LogP contribution in [-0.2, 0) is 40.1 Å². The van der Waals surface area contributed by atoms with E-state index in [9.17, 15) is 45.2 Å². The number of sulfonamides is 1. The molecule has 6 rings (SSSR count). The molecule has 1 aromatic heterocycles. The average Bonchev–Trinajstić information content (AvgIpc) is 4.03. The van der Waals surface area contributed by atoms with Crippen molar-refractivity contribution >= 4 is 44.9 Å². The van der Waals surface area contributed by atoms with Crippen molar-refractivity contribution in [3.05, 3.63) is 35.8 Å². The Hall–Kier alpha value is -4.79. The van der Waals surface area contributed by atoms with E-state index in [1.165, 1.54) is 14.0 Å². The first-order valence-electron chi connectivity index (χ1n) is 20.0. The second-order valence-electron chi connectivity index (χ2n) is 17.7. The van der Waals surface area contributed by atoms with Crippen LogP contribution in [0, 0.1) is 23.6 Å².